The molecule has 3 rings (SSSR count). The predicted octanol–water partition coefficient (Wildman–Crippen LogP) is 1.70. The summed E-state index contributed by atoms with van der Waals surface area (Å²) in [4.78, 5) is 14.0. The minimum absolute atomic E-state index is 0.0117. The van der Waals surface area contributed by atoms with Crippen molar-refractivity contribution in [1.82, 2.24) is 10.2 Å². The summed E-state index contributed by atoms with van der Waals surface area (Å²) in [5, 5.41) is 12.2. The summed E-state index contributed by atoms with van der Waals surface area (Å²) in [6.07, 6.45) is 2.94. The summed E-state index contributed by atoms with van der Waals surface area (Å²) < 4.78 is 0. The molecule has 0 aromatic heterocycles. The quantitative estimate of drug-likeness (QED) is 0.850. The molecule has 2 amide bonds. The summed E-state index contributed by atoms with van der Waals surface area (Å²) in [6.45, 7) is 1.61. The number of hydrogen-bond acceptors (Lipinski definition) is 2. The lowest BCUT2D eigenvalue weighted by Crippen LogP contribution is -2.40. The molecule has 0 spiro atoms. The lowest BCUT2D eigenvalue weighted by atomic mass is 10.1. The maximum Gasteiger partial charge on any atom is 0.317 e. The second kappa shape index (κ2) is 5.21. The van der Waals surface area contributed by atoms with Gasteiger partial charge in [0.2, 0.25) is 0 Å². The Morgan fingerprint density at radius 3 is 3.00 bits per heavy atom. The third kappa shape index (κ3) is 2.45. The van der Waals surface area contributed by atoms with Crippen molar-refractivity contribution in [3.63, 3.8) is 0 Å². The number of carbonyl (C=O) groups excluding carboxylic acids is 1. The number of aliphatic hydroxyl groups is 1. The van der Waals surface area contributed by atoms with Gasteiger partial charge in [-0.15, -0.1) is 0 Å². The van der Waals surface area contributed by atoms with E-state index in [4.69, 9.17) is 5.11 Å². The van der Waals surface area contributed by atoms with Gasteiger partial charge in [-0.2, -0.15) is 0 Å². The topological polar surface area (TPSA) is 52.6 Å². The Morgan fingerprint density at radius 1 is 1.37 bits per heavy atom. The van der Waals surface area contributed by atoms with Crippen molar-refractivity contribution >= 4 is 6.03 Å². The van der Waals surface area contributed by atoms with Crippen LogP contribution < -0.4 is 5.32 Å². The maximum atomic E-state index is 12.2. The van der Waals surface area contributed by atoms with E-state index in [0.717, 1.165) is 25.8 Å². The first-order valence-electron chi connectivity index (χ1n) is 7.02. The van der Waals surface area contributed by atoms with E-state index in [2.05, 4.69) is 23.5 Å². The Labute approximate surface area is 113 Å². The summed E-state index contributed by atoms with van der Waals surface area (Å²) in [7, 11) is 0. The average molecular weight is 260 g/mol. The zero-order chi connectivity index (χ0) is 13.2. The molecule has 0 saturated carbocycles. The van der Waals surface area contributed by atoms with Crippen molar-refractivity contribution in [3.8, 4) is 0 Å². The molecule has 4 heteroatoms. The van der Waals surface area contributed by atoms with Gasteiger partial charge in [0.25, 0.3) is 0 Å². The highest BCUT2D eigenvalue weighted by molar-refractivity contribution is 5.75. The minimum atomic E-state index is 0.0117. The largest absolute Gasteiger partial charge is 0.396 e. The highest BCUT2D eigenvalue weighted by Crippen LogP contribution is 2.31. The molecule has 1 aromatic rings. The van der Waals surface area contributed by atoms with E-state index in [1.54, 1.807) is 0 Å². The molecule has 1 aromatic carbocycles. The van der Waals surface area contributed by atoms with E-state index in [-0.39, 0.29) is 24.6 Å². The molecular weight excluding hydrogens is 240 g/mol. The zero-order valence-electron chi connectivity index (χ0n) is 11.0. The number of likely N-dealkylation sites (tertiary alicyclic amines) is 1. The lowest BCUT2D eigenvalue weighted by Gasteiger charge is -2.21. The van der Waals surface area contributed by atoms with Crippen molar-refractivity contribution in [1.29, 1.82) is 0 Å². The zero-order valence-corrected chi connectivity index (χ0v) is 11.0. The number of carbonyl (C=O) groups is 1. The third-order valence-electron chi connectivity index (χ3n) is 4.26. The third-order valence-corrected chi connectivity index (χ3v) is 4.26. The number of fused-ring (bicyclic) bond motifs is 1. The Kier molecular flexibility index (Phi) is 3.42. The normalized spacial score (nSPS) is 25.4. The monoisotopic (exact) mass is 260 g/mol. The predicted molar refractivity (Wildman–Crippen MR) is 72.8 cm³/mol. The molecule has 2 atom stereocenters. The Morgan fingerprint density at radius 2 is 2.21 bits per heavy atom. The van der Waals surface area contributed by atoms with Gasteiger partial charge in [0.1, 0.15) is 0 Å². The van der Waals surface area contributed by atoms with Crippen molar-refractivity contribution in [2.24, 2.45) is 5.92 Å². The first kappa shape index (κ1) is 12.5. The highest BCUT2D eigenvalue weighted by atomic mass is 16.3. The molecule has 1 aliphatic carbocycles. The van der Waals surface area contributed by atoms with Crippen LogP contribution in [0.3, 0.4) is 0 Å². The molecule has 1 aliphatic heterocycles. The van der Waals surface area contributed by atoms with Crippen LogP contribution in [0.2, 0.25) is 0 Å². The average Bonchev–Trinajstić information content (AvgIpc) is 3.06. The molecule has 1 fully saturated rings. The second-order valence-corrected chi connectivity index (χ2v) is 5.52. The number of benzene rings is 1. The number of aryl methyl sites for hydroxylation is 1. The Hall–Kier alpha value is -1.55. The molecule has 19 heavy (non-hydrogen) atoms. The molecule has 0 bridgehead atoms. The number of rotatable bonds is 2. The fourth-order valence-corrected chi connectivity index (χ4v) is 3.11. The van der Waals surface area contributed by atoms with Gasteiger partial charge in [-0.3, -0.25) is 0 Å². The highest BCUT2D eigenvalue weighted by Gasteiger charge is 2.29. The van der Waals surface area contributed by atoms with E-state index in [1.807, 2.05) is 11.0 Å². The fourth-order valence-electron chi connectivity index (χ4n) is 3.11. The minimum Gasteiger partial charge on any atom is -0.396 e. The van der Waals surface area contributed by atoms with Crippen LogP contribution in [-0.4, -0.2) is 35.7 Å². The Balaban J connectivity index is 1.62. The molecule has 102 valence electrons. The van der Waals surface area contributed by atoms with Crippen molar-refractivity contribution in [2.45, 2.75) is 25.3 Å². The summed E-state index contributed by atoms with van der Waals surface area (Å²) in [6, 6.07) is 8.48. The standard InChI is InChI=1S/C15H20N2O2/c18-10-11-7-8-17(9-11)15(19)16-14-6-5-12-3-1-2-4-13(12)14/h1-4,11,14,18H,5-10H2,(H,16,19). The lowest BCUT2D eigenvalue weighted by molar-refractivity contribution is 0.195. The van der Waals surface area contributed by atoms with Crippen molar-refractivity contribution in [3.05, 3.63) is 35.4 Å². The SMILES string of the molecule is O=C(NC1CCc2ccccc21)N1CCC(CO)C1. The van der Waals surface area contributed by atoms with Crippen LogP contribution in [0.4, 0.5) is 4.79 Å². The van der Waals surface area contributed by atoms with Crippen LogP contribution in [-0.2, 0) is 6.42 Å². The van der Waals surface area contributed by atoms with Gasteiger partial charge in [-0.05, 0) is 30.4 Å². The van der Waals surface area contributed by atoms with Gasteiger partial charge in [0, 0.05) is 25.6 Å². The van der Waals surface area contributed by atoms with E-state index in [1.165, 1.54) is 11.1 Å². The molecule has 2 aliphatic rings. The molecule has 2 N–H and O–H groups in total. The first-order valence-corrected chi connectivity index (χ1v) is 7.02. The van der Waals surface area contributed by atoms with E-state index in [9.17, 15) is 4.79 Å². The molecule has 1 saturated heterocycles. The van der Waals surface area contributed by atoms with E-state index < -0.39 is 0 Å². The first-order chi connectivity index (χ1) is 9.28. The van der Waals surface area contributed by atoms with E-state index >= 15 is 0 Å². The van der Waals surface area contributed by atoms with E-state index in [0.29, 0.717) is 6.54 Å². The molecular formula is C15H20N2O2. The summed E-state index contributed by atoms with van der Waals surface area (Å²) in [5.74, 6) is 0.251. The maximum absolute atomic E-state index is 12.2. The van der Waals surface area contributed by atoms with Gasteiger partial charge >= 0.3 is 6.03 Å². The molecule has 0 radical (unpaired) electrons. The summed E-state index contributed by atoms with van der Waals surface area (Å²) >= 11 is 0. The number of aliphatic hydroxyl groups excluding tert-OH is 1. The molecule has 2 unspecified atom stereocenters. The van der Waals surface area contributed by atoms with Crippen LogP contribution in [0, 0.1) is 5.92 Å². The van der Waals surface area contributed by atoms with Gasteiger partial charge in [-0.25, -0.2) is 4.79 Å². The van der Waals surface area contributed by atoms with Gasteiger partial charge in [-0.1, -0.05) is 24.3 Å². The molecule has 1 heterocycles. The van der Waals surface area contributed by atoms with Crippen LogP contribution in [0.1, 0.15) is 30.0 Å². The Bertz CT molecular complexity index is 475. The molecule has 4 nitrogen and oxygen atoms in total. The van der Waals surface area contributed by atoms with Gasteiger partial charge in [0.05, 0.1) is 6.04 Å². The van der Waals surface area contributed by atoms with Crippen LogP contribution in [0.25, 0.3) is 0 Å². The van der Waals surface area contributed by atoms with Crippen LogP contribution >= 0.6 is 0 Å². The summed E-state index contributed by atoms with van der Waals surface area (Å²) in [5.41, 5.74) is 2.61. The number of urea groups is 1. The van der Waals surface area contributed by atoms with Gasteiger partial charge in [0.15, 0.2) is 0 Å². The van der Waals surface area contributed by atoms with Gasteiger partial charge < -0.3 is 15.3 Å². The number of nitrogens with one attached hydrogen (secondary N) is 1. The smallest absolute Gasteiger partial charge is 0.317 e. The number of hydrogen-bond donors (Lipinski definition) is 2. The van der Waals surface area contributed by atoms with Crippen molar-refractivity contribution < 1.29 is 9.90 Å². The number of nitrogens with zero attached hydrogens (tertiary/aromatic N) is 1. The van der Waals surface area contributed by atoms with Crippen molar-refractivity contribution in [2.75, 3.05) is 19.7 Å². The second-order valence-electron chi connectivity index (χ2n) is 5.52. The number of amides is 2. The fraction of sp³-hybridized carbons (Fsp3) is 0.533. The van der Waals surface area contributed by atoms with Crippen LogP contribution in [0.5, 0.6) is 0 Å². The van der Waals surface area contributed by atoms with Crippen LogP contribution in [0.15, 0.2) is 24.3 Å².